The van der Waals surface area contributed by atoms with Crippen LogP contribution >= 0.6 is 11.6 Å². The van der Waals surface area contributed by atoms with Gasteiger partial charge in [-0.1, -0.05) is 11.6 Å². The Morgan fingerprint density at radius 1 is 0.933 bits per heavy atom. The number of nitrogens with zero attached hydrogens (tertiary/aromatic N) is 4. The van der Waals surface area contributed by atoms with Crippen molar-refractivity contribution in [2.24, 2.45) is 0 Å². The number of halogens is 10. The first kappa shape index (κ1) is 21.9. The van der Waals surface area contributed by atoms with Crippen molar-refractivity contribution in [3.8, 4) is 11.1 Å². The van der Waals surface area contributed by atoms with Crippen LogP contribution in [-0.4, -0.2) is 32.3 Å². The van der Waals surface area contributed by atoms with Gasteiger partial charge in [0.05, 0.1) is 17.5 Å². The van der Waals surface area contributed by atoms with Crippen molar-refractivity contribution in [2.75, 3.05) is 11.9 Å². The van der Waals surface area contributed by atoms with E-state index in [1.54, 1.807) is 0 Å². The Hall–Kier alpha value is -2.77. The van der Waals surface area contributed by atoms with Gasteiger partial charge in [0.2, 0.25) is 0 Å². The lowest BCUT2D eigenvalue weighted by molar-refractivity contribution is -0.144. The number of alkyl halides is 6. The van der Waals surface area contributed by atoms with Crippen LogP contribution in [0.4, 0.5) is 45.3 Å². The number of nitrogens with one attached hydrogen (secondary N) is 1. The van der Waals surface area contributed by atoms with Crippen LogP contribution < -0.4 is 5.32 Å². The topological polar surface area (TPSA) is 55.1 Å². The molecule has 0 saturated heterocycles. The molecule has 0 spiro atoms. The molecule has 1 N–H and O–H groups in total. The number of aromatic nitrogens is 4. The van der Waals surface area contributed by atoms with Crippen LogP contribution in [0, 0.1) is 17.5 Å². The molecular weight excluding hydrogens is 457 g/mol. The molecule has 3 rings (SSSR count). The maximum atomic E-state index is 14.3. The quantitative estimate of drug-likeness (QED) is 0.424. The first-order valence-corrected chi connectivity index (χ1v) is 8.14. The van der Waals surface area contributed by atoms with Crippen molar-refractivity contribution in [3.05, 3.63) is 40.6 Å². The van der Waals surface area contributed by atoms with Gasteiger partial charge < -0.3 is 5.32 Å². The van der Waals surface area contributed by atoms with Gasteiger partial charge >= 0.3 is 12.4 Å². The fraction of sp³-hybridized carbons (Fsp3) is 0.267. The summed E-state index contributed by atoms with van der Waals surface area (Å²) in [5, 5.41) is 4.40. The number of anilines is 1. The zero-order valence-electron chi connectivity index (χ0n) is 14.1. The van der Waals surface area contributed by atoms with Crippen molar-refractivity contribution >= 4 is 23.2 Å². The highest BCUT2D eigenvalue weighted by Gasteiger charge is 2.37. The standard InChI is InChI=1S/C15H7ClF9N5/c16-10-9(8-6(18)3-5(17)4-7(8)19)11(26-2-1-14(20,21)22)30-13(27-10)28-12(29-30)15(23,24)25/h3-4,26H,1-2H2. The second-order valence-corrected chi connectivity index (χ2v) is 6.17. The molecule has 0 unspecified atom stereocenters. The van der Waals surface area contributed by atoms with Crippen LogP contribution in [0.3, 0.4) is 0 Å². The number of hydrogen-bond donors (Lipinski definition) is 1. The SMILES string of the molecule is Fc1cc(F)c(-c2c(Cl)nc3nc(C(F)(F)F)nn3c2NCCC(F)(F)F)c(F)c1. The molecule has 0 bridgehead atoms. The summed E-state index contributed by atoms with van der Waals surface area (Å²) in [6.07, 6.45) is -11.2. The lowest BCUT2D eigenvalue weighted by Crippen LogP contribution is -2.17. The van der Waals surface area contributed by atoms with Crippen LogP contribution in [0.2, 0.25) is 5.15 Å². The van der Waals surface area contributed by atoms with Crippen molar-refractivity contribution in [3.63, 3.8) is 0 Å². The lowest BCUT2D eigenvalue weighted by Gasteiger charge is -2.16. The van der Waals surface area contributed by atoms with Gasteiger partial charge in [-0.2, -0.15) is 40.8 Å². The zero-order chi connectivity index (χ0) is 22.4. The normalized spacial score (nSPS) is 12.6. The van der Waals surface area contributed by atoms with Crippen LogP contribution in [-0.2, 0) is 6.18 Å². The van der Waals surface area contributed by atoms with Gasteiger partial charge in [-0.15, -0.1) is 5.10 Å². The maximum absolute atomic E-state index is 14.3. The number of benzene rings is 1. The largest absolute Gasteiger partial charge is 0.453 e. The molecule has 0 atom stereocenters. The highest BCUT2D eigenvalue weighted by atomic mass is 35.5. The van der Waals surface area contributed by atoms with E-state index < -0.39 is 76.5 Å². The second-order valence-electron chi connectivity index (χ2n) is 5.81. The second kappa shape index (κ2) is 7.49. The first-order chi connectivity index (χ1) is 13.8. The third kappa shape index (κ3) is 4.37. The Morgan fingerprint density at radius 2 is 1.53 bits per heavy atom. The molecule has 0 aliphatic carbocycles. The predicted molar refractivity (Wildman–Crippen MR) is 85.3 cm³/mol. The summed E-state index contributed by atoms with van der Waals surface area (Å²) in [6.45, 7) is -0.919. The molecule has 0 radical (unpaired) electrons. The molecule has 2 heterocycles. The van der Waals surface area contributed by atoms with Crippen LogP contribution in [0.1, 0.15) is 12.2 Å². The van der Waals surface area contributed by atoms with Crippen LogP contribution in [0.25, 0.3) is 16.9 Å². The summed E-state index contributed by atoms with van der Waals surface area (Å²) in [5.41, 5.74) is -1.80. The van der Waals surface area contributed by atoms with Crippen molar-refractivity contribution < 1.29 is 39.5 Å². The van der Waals surface area contributed by atoms with E-state index in [0.29, 0.717) is 4.52 Å². The lowest BCUT2D eigenvalue weighted by atomic mass is 10.1. The maximum Gasteiger partial charge on any atom is 0.453 e. The van der Waals surface area contributed by atoms with E-state index in [1.165, 1.54) is 0 Å². The molecule has 0 amide bonds. The fourth-order valence-electron chi connectivity index (χ4n) is 2.48. The van der Waals surface area contributed by atoms with E-state index in [2.05, 4.69) is 20.4 Å². The van der Waals surface area contributed by atoms with Gasteiger partial charge in [0.25, 0.3) is 11.6 Å². The molecule has 0 saturated carbocycles. The third-order valence-electron chi connectivity index (χ3n) is 3.65. The highest BCUT2D eigenvalue weighted by Crippen LogP contribution is 2.38. The average Bonchev–Trinajstić information content (AvgIpc) is 2.98. The summed E-state index contributed by atoms with van der Waals surface area (Å²) in [7, 11) is 0. The summed E-state index contributed by atoms with van der Waals surface area (Å²) in [4.78, 5) is 6.55. The molecule has 5 nitrogen and oxygen atoms in total. The van der Waals surface area contributed by atoms with Crippen LogP contribution in [0.15, 0.2) is 12.1 Å². The van der Waals surface area contributed by atoms with Crippen molar-refractivity contribution in [1.29, 1.82) is 0 Å². The van der Waals surface area contributed by atoms with Gasteiger partial charge in [-0.3, -0.25) is 0 Å². The number of hydrogen-bond acceptors (Lipinski definition) is 4. The third-order valence-corrected chi connectivity index (χ3v) is 3.93. The van der Waals surface area contributed by atoms with Gasteiger partial charge in [0, 0.05) is 18.7 Å². The number of rotatable bonds is 4. The predicted octanol–water partition coefficient (Wildman–Crippen LogP) is 5.25. The summed E-state index contributed by atoms with van der Waals surface area (Å²) in [6, 6.07) is 0.502. The minimum Gasteiger partial charge on any atom is -0.369 e. The molecule has 0 aliphatic heterocycles. The first-order valence-electron chi connectivity index (χ1n) is 7.77. The van der Waals surface area contributed by atoms with Crippen LogP contribution in [0.5, 0.6) is 0 Å². The van der Waals surface area contributed by atoms with E-state index in [4.69, 9.17) is 11.6 Å². The Morgan fingerprint density at radius 3 is 2.07 bits per heavy atom. The van der Waals surface area contributed by atoms with Crippen molar-refractivity contribution in [1.82, 2.24) is 19.6 Å². The smallest absolute Gasteiger partial charge is 0.369 e. The van der Waals surface area contributed by atoms with Gasteiger partial charge in [0.15, 0.2) is 0 Å². The summed E-state index contributed by atoms with van der Waals surface area (Å²) < 4.78 is 118. The minimum atomic E-state index is -5.06. The average molecular weight is 464 g/mol. The van der Waals surface area contributed by atoms with E-state index in [0.717, 1.165) is 0 Å². The molecule has 15 heteroatoms. The fourth-order valence-corrected chi connectivity index (χ4v) is 2.74. The molecular formula is C15H7ClF9N5. The Bertz CT molecular complexity index is 1080. The van der Waals surface area contributed by atoms with E-state index in [1.807, 2.05) is 0 Å². The molecule has 1 aromatic carbocycles. The highest BCUT2D eigenvalue weighted by molar-refractivity contribution is 6.33. The summed E-state index contributed by atoms with van der Waals surface area (Å²) in [5.74, 6) is -7.63. The Labute approximate surface area is 165 Å². The summed E-state index contributed by atoms with van der Waals surface area (Å²) >= 11 is 5.86. The molecule has 162 valence electrons. The van der Waals surface area contributed by atoms with Gasteiger partial charge in [-0.05, 0) is 0 Å². The monoisotopic (exact) mass is 463 g/mol. The number of fused-ring (bicyclic) bond motifs is 1. The van der Waals surface area contributed by atoms with E-state index in [-0.39, 0.29) is 12.1 Å². The molecule has 0 aliphatic rings. The zero-order valence-corrected chi connectivity index (χ0v) is 14.9. The minimum absolute atomic E-state index is 0.251. The van der Waals surface area contributed by atoms with Crippen molar-refractivity contribution in [2.45, 2.75) is 18.8 Å². The Balaban J connectivity index is 2.27. The Kier molecular flexibility index (Phi) is 5.47. The molecule has 0 fully saturated rings. The molecule has 30 heavy (non-hydrogen) atoms. The van der Waals surface area contributed by atoms with Gasteiger partial charge in [0.1, 0.15) is 28.4 Å². The van der Waals surface area contributed by atoms with E-state index in [9.17, 15) is 39.5 Å². The van der Waals surface area contributed by atoms with Gasteiger partial charge in [-0.25, -0.2) is 13.2 Å². The molecule has 2 aromatic heterocycles. The molecule has 3 aromatic rings. The van der Waals surface area contributed by atoms with E-state index >= 15 is 0 Å².